The second-order valence-corrected chi connectivity index (χ2v) is 17.1. The number of hydrogen-bond donors (Lipinski definition) is 0. The van der Waals surface area contributed by atoms with E-state index in [9.17, 15) is 0 Å². The summed E-state index contributed by atoms with van der Waals surface area (Å²) in [7, 11) is -2.66. The van der Waals surface area contributed by atoms with E-state index in [2.05, 4.69) is 158 Å². The average Bonchev–Trinajstić information content (AvgIpc) is 3.72. The Bertz CT molecular complexity index is 1860. The molecule has 9 heteroatoms. The summed E-state index contributed by atoms with van der Waals surface area (Å²) in [5.41, 5.74) is 2.24. The molecule has 0 aliphatic carbocycles. The van der Waals surface area contributed by atoms with Gasteiger partial charge in [0.25, 0.3) is 0 Å². The Kier molecular flexibility index (Phi) is 13.1. The minimum atomic E-state index is -1.33. The van der Waals surface area contributed by atoms with Crippen molar-refractivity contribution in [2.24, 2.45) is 0 Å². The molecule has 0 N–H and O–H groups in total. The van der Waals surface area contributed by atoms with Gasteiger partial charge in [-0.25, -0.2) is 0 Å². The van der Waals surface area contributed by atoms with E-state index in [-0.39, 0.29) is 24.9 Å². The third-order valence-corrected chi connectivity index (χ3v) is 14.3. The topological polar surface area (TPSA) is 98.7 Å². The number of carboxylic acid groups (broad SMARTS) is 2. The molecular formula is C43H38O6P2Ru+2. The summed E-state index contributed by atoms with van der Waals surface area (Å²) in [6, 6.07) is 57.5. The van der Waals surface area contributed by atoms with Crippen LogP contribution in [0.3, 0.4) is 0 Å². The maximum atomic E-state index is 8.89. The maximum Gasteiger partial charge on any atom is 2.00 e. The second-order valence-electron chi connectivity index (χ2n) is 12.2. The van der Waals surface area contributed by atoms with Crippen molar-refractivity contribution in [3.05, 3.63) is 169 Å². The van der Waals surface area contributed by atoms with E-state index >= 15 is 0 Å². The molecule has 6 aromatic rings. The molecule has 0 bridgehead atoms. The Hall–Kier alpha value is -4.66. The standard InChI is InChI=1S/C39H30O2P2.2C2H4O2.Ru/c1-5-15-29(16-6-1)42(30-17-7-2-8-18-30)35-25-13-23-33-37(35)39(27-40-33)28-41-34-24-14-26-36(38(34)39)43(31-19-9-3-10-20-31)32-21-11-4-12-22-32;2*1-2(3)4;/h1-26H,27-28H2;2*1H3,(H,3,4);/q;;;+2. The molecule has 0 saturated carbocycles. The van der Waals surface area contributed by atoms with Gasteiger partial charge in [0.1, 0.15) is 62.0 Å². The van der Waals surface area contributed by atoms with Crippen molar-refractivity contribution in [1.29, 1.82) is 0 Å². The minimum absolute atomic E-state index is 0. The summed E-state index contributed by atoms with van der Waals surface area (Å²) in [5.74, 6) is -0.183. The molecular weight excluding hydrogens is 775 g/mol. The predicted molar refractivity (Wildman–Crippen MR) is 206 cm³/mol. The van der Waals surface area contributed by atoms with Crippen LogP contribution in [0.15, 0.2) is 158 Å². The predicted octanol–water partition coefficient (Wildman–Crippen LogP) is 3.25. The zero-order valence-electron chi connectivity index (χ0n) is 28.7. The van der Waals surface area contributed by atoms with E-state index in [1.165, 1.54) is 43.0 Å². The molecule has 1 spiro atoms. The number of hydrogen-bond acceptors (Lipinski definition) is 6. The van der Waals surface area contributed by atoms with Crippen LogP contribution in [0.25, 0.3) is 0 Å². The quantitative estimate of drug-likeness (QED) is 0.190. The zero-order valence-corrected chi connectivity index (χ0v) is 32.5. The van der Waals surface area contributed by atoms with E-state index in [1.54, 1.807) is 0 Å². The van der Waals surface area contributed by atoms with Crippen LogP contribution >= 0.6 is 15.8 Å². The monoisotopic (exact) mass is 814 g/mol. The molecule has 52 heavy (non-hydrogen) atoms. The van der Waals surface area contributed by atoms with Crippen LogP contribution in [0.5, 0.6) is 11.5 Å². The number of fused-ring (bicyclic) bond motifs is 4. The molecule has 0 saturated heterocycles. The number of carbonyl (C=O) groups excluding carboxylic acids is 2. The first-order chi connectivity index (χ1) is 24.8. The Balaban J connectivity index is 0.000000530. The molecule has 0 fully saturated rings. The van der Waals surface area contributed by atoms with Crippen molar-refractivity contribution < 1.29 is 48.8 Å². The molecule has 0 atom stereocenters. The van der Waals surface area contributed by atoms with Crippen LogP contribution in [0, 0.1) is 0 Å². The maximum absolute atomic E-state index is 8.89. The zero-order chi connectivity index (χ0) is 35.8. The van der Waals surface area contributed by atoms with Crippen LogP contribution in [0.1, 0.15) is 25.0 Å². The second kappa shape index (κ2) is 17.7. The fraction of sp³-hybridized carbons (Fsp3) is 0.116. The van der Waals surface area contributed by atoms with Crippen molar-refractivity contribution >= 4 is 59.6 Å². The summed E-state index contributed by atoms with van der Waals surface area (Å²) in [6.07, 6.45) is 0. The minimum Gasteiger partial charge on any atom is -0.550 e. The molecule has 2 heterocycles. The molecule has 2 aliphatic heterocycles. The van der Waals surface area contributed by atoms with Gasteiger partial charge in [-0.2, -0.15) is 0 Å². The van der Waals surface area contributed by atoms with Crippen molar-refractivity contribution in [2.45, 2.75) is 19.3 Å². The molecule has 0 unspecified atom stereocenters. The first kappa shape index (κ1) is 38.6. The molecule has 262 valence electrons. The summed E-state index contributed by atoms with van der Waals surface area (Å²) >= 11 is 0. The van der Waals surface area contributed by atoms with Gasteiger partial charge in [-0.1, -0.05) is 84.9 Å². The normalized spacial score (nSPS) is 12.8. The summed E-state index contributed by atoms with van der Waals surface area (Å²) < 4.78 is 13.3. The molecule has 0 aromatic heterocycles. The van der Waals surface area contributed by atoms with Gasteiger partial charge in [-0.05, 0) is 86.6 Å². The van der Waals surface area contributed by atoms with Crippen LogP contribution in [0.2, 0.25) is 0 Å². The third kappa shape index (κ3) is 8.35. The van der Waals surface area contributed by atoms with Gasteiger partial charge in [0.05, 0.1) is 27.0 Å². The Labute approximate surface area is 319 Å². The van der Waals surface area contributed by atoms with Gasteiger partial charge in [0.2, 0.25) is 0 Å². The van der Waals surface area contributed by atoms with Gasteiger partial charge >= 0.3 is 19.5 Å². The van der Waals surface area contributed by atoms with E-state index in [1.807, 2.05) is 0 Å². The Morgan fingerprint density at radius 1 is 0.481 bits per heavy atom. The van der Waals surface area contributed by atoms with Gasteiger partial charge in [0, 0.05) is 11.9 Å². The number of carboxylic acids is 2. The van der Waals surface area contributed by atoms with Crippen LogP contribution < -0.4 is 51.5 Å². The van der Waals surface area contributed by atoms with Crippen molar-refractivity contribution in [3.63, 3.8) is 0 Å². The molecule has 8 rings (SSSR count). The number of ether oxygens (including phenoxy) is 2. The fourth-order valence-electron chi connectivity index (χ4n) is 6.94. The smallest absolute Gasteiger partial charge is 0.550 e. The summed E-state index contributed by atoms with van der Waals surface area (Å²) in [4.78, 5) is 17.8. The van der Waals surface area contributed by atoms with Crippen LogP contribution in [0.4, 0.5) is 0 Å². The molecule has 0 amide bonds. The van der Waals surface area contributed by atoms with E-state index in [4.69, 9.17) is 29.3 Å². The number of rotatable bonds is 6. The molecule has 2 aliphatic rings. The van der Waals surface area contributed by atoms with Crippen molar-refractivity contribution in [3.8, 4) is 11.5 Å². The fourth-order valence-corrected chi connectivity index (χ4v) is 12.7. The van der Waals surface area contributed by atoms with E-state index in [0.717, 1.165) is 25.3 Å². The van der Waals surface area contributed by atoms with Crippen molar-refractivity contribution in [1.82, 2.24) is 0 Å². The van der Waals surface area contributed by atoms with Gasteiger partial charge in [0.15, 0.2) is 0 Å². The first-order valence-corrected chi connectivity index (χ1v) is 19.6. The largest absolute Gasteiger partial charge is 2.00 e. The van der Waals surface area contributed by atoms with E-state index in [0.29, 0.717) is 13.2 Å². The van der Waals surface area contributed by atoms with Crippen molar-refractivity contribution in [2.75, 3.05) is 13.2 Å². The van der Waals surface area contributed by atoms with Gasteiger partial charge in [-0.3, -0.25) is 0 Å². The molecule has 6 aromatic carbocycles. The van der Waals surface area contributed by atoms with E-state index < -0.39 is 27.8 Å². The Morgan fingerprint density at radius 2 is 0.750 bits per heavy atom. The first-order valence-electron chi connectivity index (χ1n) is 16.6. The number of carbonyl (C=O) groups is 2. The Morgan fingerprint density at radius 3 is 1.02 bits per heavy atom. The van der Waals surface area contributed by atoms with Gasteiger partial charge < -0.3 is 29.3 Å². The summed E-state index contributed by atoms with van der Waals surface area (Å²) in [5, 5.41) is 26.0. The summed E-state index contributed by atoms with van der Waals surface area (Å²) in [6.45, 7) is 3.11. The van der Waals surface area contributed by atoms with Gasteiger partial charge in [-0.15, -0.1) is 0 Å². The molecule has 6 nitrogen and oxygen atoms in total. The third-order valence-electron chi connectivity index (χ3n) is 8.75. The number of aliphatic carboxylic acids is 2. The van der Waals surface area contributed by atoms with Crippen LogP contribution in [-0.2, 0) is 34.5 Å². The molecule has 0 radical (unpaired) electrons. The number of benzene rings is 6. The van der Waals surface area contributed by atoms with Crippen LogP contribution in [-0.4, -0.2) is 25.2 Å². The average molecular weight is 814 g/mol. The SMILES string of the molecule is CC(=O)[O-].CC(=O)[O-].[Ru+2].c1ccc([PH+](c2ccccc2)c2cccc3c2C2(CO3)COc3cccc([PH+](c4ccccc4)c4ccccc4)c32)cc1.